The molecule has 1 aromatic heterocycles. The number of rotatable bonds is 4. The van der Waals surface area contributed by atoms with Gasteiger partial charge in [0.15, 0.2) is 0 Å². The van der Waals surface area contributed by atoms with Gasteiger partial charge in [-0.15, -0.1) is 24.8 Å². The molecule has 2 rings (SSSR count). The Balaban J connectivity index is 0.00000144. The van der Waals surface area contributed by atoms with Crippen LogP contribution in [0.2, 0.25) is 0 Å². The molecule has 1 saturated heterocycles. The lowest BCUT2D eigenvalue weighted by Gasteiger charge is -2.39. The maximum Gasteiger partial charge on any atom is 0.137 e. The highest BCUT2D eigenvalue weighted by molar-refractivity contribution is 5.85. The van der Waals surface area contributed by atoms with Crippen LogP contribution in [-0.2, 0) is 6.54 Å². The van der Waals surface area contributed by atoms with E-state index in [9.17, 15) is 0 Å². The molecule has 2 N–H and O–H groups in total. The van der Waals surface area contributed by atoms with Crippen molar-refractivity contribution in [1.29, 1.82) is 0 Å². The highest BCUT2D eigenvalue weighted by atomic mass is 35.5. The molecule has 1 aliphatic rings. The van der Waals surface area contributed by atoms with Crippen LogP contribution in [0.5, 0.6) is 0 Å². The highest BCUT2D eigenvalue weighted by Crippen LogP contribution is 2.22. The average Bonchev–Trinajstić information content (AvgIpc) is 2.79. The lowest BCUT2D eigenvalue weighted by molar-refractivity contribution is 0.101. The zero-order valence-corrected chi connectivity index (χ0v) is 12.4. The van der Waals surface area contributed by atoms with Crippen molar-refractivity contribution in [2.45, 2.75) is 32.4 Å². The summed E-state index contributed by atoms with van der Waals surface area (Å²) < 4.78 is 1.88. The predicted molar refractivity (Wildman–Crippen MR) is 77.3 cm³/mol. The molecule has 5 nitrogen and oxygen atoms in total. The van der Waals surface area contributed by atoms with E-state index in [2.05, 4.69) is 21.9 Å². The number of nitrogens with zero attached hydrogens (tertiary/aromatic N) is 4. The van der Waals surface area contributed by atoms with E-state index < -0.39 is 0 Å². The minimum atomic E-state index is 0. The summed E-state index contributed by atoms with van der Waals surface area (Å²) in [6, 6.07) is 0.539. The first-order valence-electron chi connectivity index (χ1n) is 6.08. The second kappa shape index (κ2) is 8.69. The number of likely N-dealkylation sites (tertiary alicyclic amines) is 1. The van der Waals surface area contributed by atoms with E-state index in [1.165, 1.54) is 19.4 Å². The van der Waals surface area contributed by atoms with Crippen molar-refractivity contribution < 1.29 is 0 Å². The summed E-state index contributed by atoms with van der Waals surface area (Å²) in [4.78, 5) is 6.44. The van der Waals surface area contributed by atoms with E-state index in [1.807, 2.05) is 4.68 Å². The van der Waals surface area contributed by atoms with E-state index in [1.54, 1.807) is 12.7 Å². The molecule has 0 aromatic carbocycles. The monoisotopic (exact) mass is 295 g/mol. The van der Waals surface area contributed by atoms with Crippen LogP contribution in [0, 0.1) is 5.92 Å². The average molecular weight is 296 g/mol. The summed E-state index contributed by atoms with van der Waals surface area (Å²) in [5.41, 5.74) is 5.86. The SMILES string of the molecule is CC1CCCN(CCn2cncn2)C1CN.Cl.Cl. The Bertz CT molecular complexity index is 306. The molecule has 0 amide bonds. The number of hydrogen-bond donors (Lipinski definition) is 1. The van der Waals surface area contributed by atoms with Crippen LogP contribution in [0.4, 0.5) is 0 Å². The van der Waals surface area contributed by atoms with Crippen molar-refractivity contribution in [3.05, 3.63) is 12.7 Å². The second-order valence-electron chi connectivity index (χ2n) is 4.62. The lowest BCUT2D eigenvalue weighted by atomic mass is 9.91. The Kier molecular flexibility index (Phi) is 8.52. The fourth-order valence-electron chi connectivity index (χ4n) is 2.57. The van der Waals surface area contributed by atoms with Crippen LogP contribution in [0.3, 0.4) is 0 Å². The van der Waals surface area contributed by atoms with Gasteiger partial charge < -0.3 is 5.73 Å². The molecule has 0 spiro atoms. The molecule has 1 aromatic rings. The molecule has 2 atom stereocenters. The van der Waals surface area contributed by atoms with E-state index in [0.717, 1.165) is 25.6 Å². The van der Waals surface area contributed by atoms with Crippen LogP contribution in [-0.4, -0.2) is 45.3 Å². The van der Waals surface area contributed by atoms with E-state index >= 15 is 0 Å². The third-order valence-corrected chi connectivity index (χ3v) is 3.56. The Hall–Kier alpha value is -0.360. The van der Waals surface area contributed by atoms with E-state index in [4.69, 9.17) is 5.73 Å². The van der Waals surface area contributed by atoms with Gasteiger partial charge in [0, 0.05) is 19.1 Å². The van der Waals surface area contributed by atoms with Gasteiger partial charge in [-0.05, 0) is 25.3 Å². The van der Waals surface area contributed by atoms with Gasteiger partial charge in [0.25, 0.3) is 0 Å². The predicted octanol–water partition coefficient (Wildman–Crippen LogP) is 1.18. The molecule has 0 aliphatic carbocycles. The molecule has 7 heteroatoms. The fraction of sp³-hybridized carbons (Fsp3) is 0.818. The molecular weight excluding hydrogens is 273 g/mol. The van der Waals surface area contributed by atoms with Crippen molar-refractivity contribution in [3.63, 3.8) is 0 Å². The molecule has 0 radical (unpaired) electrons. The summed E-state index contributed by atoms with van der Waals surface area (Å²) in [6.45, 7) is 6.16. The van der Waals surface area contributed by atoms with Gasteiger partial charge in [-0.1, -0.05) is 6.92 Å². The maximum absolute atomic E-state index is 5.86. The summed E-state index contributed by atoms with van der Waals surface area (Å²) in [5.74, 6) is 0.717. The third-order valence-electron chi connectivity index (χ3n) is 3.56. The van der Waals surface area contributed by atoms with Crippen LogP contribution in [0.25, 0.3) is 0 Å². The smallest absolute Gasteiger partial charge is 0.137 e. The van der Waals surface area contributed by atoms with Gasteiger partial charge >= 0.3 is 0 Å². The Morgan fingerprint density at radius 2 is 2.11 bits per heavy atom. The van der Waals surface area contributed by atoms with Crippen molar-refractivity contribution in [2.24, 2.45) is 11.7 Å². The largest absolute Gasteiger partial charge is 0.329 e. The van der Waals surface area contributed by atoms with Gasteiger partial charge in [0.05, 0.1) is 6.54 Å². The van der Waals surface area contributed by atoms with Crippen molar-refractivity contribution in [1.82, 2.24) is 19.7 Å². The molecule has 1 aliphatic heterocycles. The van der Waals surface area contributed by atoms with Crippen molar-refractivity contribution in [3.8, 4) is 0 Å². The fourth-order valence-corrected chi connectivity index (χ4v) is 2.57. The van der Waals surface area contributed by atoms with E-state index in [0.29, 0.717) is 6.04 Å². The normalized spacial score (nSPS) is 24.1. The van der Waals surface area contributed by atoms with Gasteiger partial charge in [-0.2, -0.15) is 5.10 Å². The van der Waals surface area contributed by atoms with E-state index in [-0.39, 0.29) is 24.8 Å². The summed E-state index contributed by atoms with van der Waals surface area (Å²) in [7, 11) is 0. The first-order chi connectivity index (χ1) is 7.81. The van der Waals surface area contributed by atoms with Crippen molar-refractivity contribution >= 4 is 24.8 Å². The first kappa shape index (κ1) is 17.6. The molecular formula is C11H23Cl2N5. The number of nitrogens with two attached hydrogens (primary N) is 1. The molecule has 0 bridgehead atoms. The van der Waals surface area contributed by atoms with Crippen LogP contribution >= 0.6 is 24.8 Å². The maximum atomic E-state index is 5.86. The minimum Gasteiger partial charge on any atom is -0.329 e. The zero-order valence-electron chi connectivity index (χ0n) is 10.7. The molecule has 2 heterocycles. The highest BCUT2D eigenvalue weighted by Gasteiger charge is 2.26. The van der Waals surface area contributed by atoms with Gasteiger partial charge in [0.2, 0.25) is 0 Å². The quantitative estimate of drug-likeness (QED) is 0.906. The van der Waals surface area contributed by atoms with Gasteiger partial charge in [0.1, 0.15) is 12.7 Å². The van der Waals surface area contributed by atoms with Crippen LogP contribution in [0.1, 0.15) is 19.8 Å². The molecule has 18 heavy (non-hydrogen) atoms. The summed E-state index contributed by atoms with van der Waals surface area (Å²) in [5, 5.41) is 4.12. The topological polar surface area (TPSA) is 60.0 Å². The molecule has 1 fully saturated rings. The minimum absolute atomic E-state index is 0. The van der Waals surface area contributed by atoms with Crippen molar-refractivity contribution in [2.75, 3.05) is 19.6 Å². The molecule has 0 saturated carbocycles. The number of aromatic nitrogens is 3. The number of hydrogen-bond acceptors (Lipinski definition) is 4. The third kappa shape index (κ3) is 4.39. The number of halogens is 2. The zero-order chi connectivity index (χ0) is 11.4. The van der Waals surface area contributed by atoms with Crippen LogP contribution in [0.15, 0.2) is 12.7 Å². The van der Waals surface area contributed by atoms with Crippen LogP contribution < -0.4 is 5.73 Å². The molecule has 2 unspecified atom stereocenters. The summed E-state index contributed by atoms with van der Waals surface area (Å²) >= 11 is 0. The molecule has 106 valence electrons. The van der Waals surface area contributed by atoms with Gasteiger partial charge in [-0.25, -0.2) is 4.98 Å². The van der Waals surface area contributed by atoms with Gasteiger partial charge in [-0.3, -0.25) is 9.58 Å². The first-order valence-corrected chi connectivity index (χ1v) is 6.08. The summed E-state index contributed by atoms with van der Waals surface area (Å²) in [6.07, 6.45) is 5.95. The second-order valence-corrected chi connectivity index (χ2v) is 4.62. The number of piperidine rings is 1. The Morgan fingerprint density at radius 1 is 1.33 bits per heavy atom. The Morgan fingerprint density at radius 3 is 2.72 bits per heavy atom. The standard InChI is InChI=1S/C11H21N5.2ClH/c1-10-3-2-4-15(11(10)7-12)5-6-16-9-13-8-14-16;;/h8-11H,2-7,12H2,1H3;2*1H. The lowest BCUT2D eigenvalue weighted by Crippen LogP contribution is -2.49. The Labute approximate surface area is 121 Å².